The Kier molecular flexibility index (Phi) is 3.49. The van der Waals surface area contributed by atoms with Gasteiger partial charge in [0.25, 0.3) is 0 Å². The predicted molar refractivity (Wildman–Crippen MR) is 60.5 cm³/mol. The second kappa shape index (κ2) is 4.86. The van der Waals surface area contributed by atoms with Crippen molar-refractivity contribution in [2.45, 2.75) is 19.3 Å². The fourth-order valence-electron chi connectivity index (χ4n) is 1.44. The molecular weight excluding hydrogens is 212 g/mol. The van der Waals surface area contributed by atoms with Crippen LogP contribution in [0.5, 0.6) is 5.75 Å². The Labute approximate surface area is 94.8 Å². The summed E-state index contributed by atoms with van der Waals surface area (Å²) < 4.78 is 5.63. The third kappa shape index (κ3) is 3.11. The van der Waals surface area contributed by atoms with Crippen molar-refractivity contribution in [1.82, 2.24) is 0 Å². The summed E-state index contributed by atoms with van der Waals surface area (Å²) in [7, 11) is 0. The molecule has 1 aliphatic rings. The summed E-state index contributed by atoms with van der Waals surface area (Å²) >= 11 is 6.01. The molecule has 1 saturated carbocycles. The van der Waals surface area contributed by atoms with Crippen LogP contribution in [0.15, 0.2) is 18.2 Å². The number of benzene rings is 1. The normalized spacial score (nSPS) is 15.3. The van der Waals surface area contributed by atoms with Crippen molar-refractivity contribution in [3.63, 3.8) is 0 Å². The van der Waals surface area contributed by atoms with Crippen LogP contribution < -0.4 is 4.74 Å². The average Bonchev–Trinajstić information content (AvgIpc) is 3.03. The fraction of sp³-hybridized carbons (Fsp3) is 0.500. The summed E-state index contributed by atoms with van der Waals surface area (Å²) in [5.41, 5.74) is 1.06. The molecule has 1 fully saturated rings. The molecule has 1 aliphatic carbocycles. The first-order valence-corrected chi connectivity index (χ1v) is 5.69. The number of aliphatic hydroxyl groups excluding tert-OH is 1. The first-order chi connectivity index (χ1) is 7.29. The van der Waals surface area contributed by atoms with Crippen LogP contribution in [0.4, 0.5) is 0 Å². The molecule has 2 nitrogen and oxygen atoms in total. The second-order valence-electron chi connectivity index (χ2n) is 3.99. The van der Waals surface area contributed by atoms with Gasteiger partial charge in [-0.1, -0.05) is 17.7 Å². The molecule has 0 saturated heterocycles. The molecule has 2 rings (SSSR count). The van der Waals surface area contributed by atoms with E-state index in [4.69, 9.17) is 21.4 Å². The zero-order valence-corrected chi connectivity index (χ0v) is 9.33. The molecule has 82 valence electrons. The molecule has 0 atom stereocenters. The Hall–Kier alpha value is -0.730. The van der Waals surface area contributed by atoms with E-state index in [9.17, 15) is 0 Å². The maximum atomic E-state index is 8.83. The van der Waals surface area contributed by atoms with Crippen LogP contribution in [0.3, 0.4) is 0 Å². The lowest BCUT2D eigenvalue weighted by molar-refractivity contribution is 0.294. The minimum Gasteiger partial charge on any atom is -0.492 e. The Morgan fingerprint density at radius 3 is 2.87 bits per heavy atom. The van der Waals surface area contributed by atoms with Gasteiger partial charge in [0.2, 0.25) is 0 Å². The molecule has 0 amide bonds. The second-order valence-corrected chi connectivity index (χ2v) is 4.40. The molecule has 1 N–H and O–H groups in total. The van der Waals surface area contributed by atoms with E-state index in [0.29, 0.717) is 11.4 Å². The van der Waals surface area contributed by atoms with E-state index in [1.807, 2.05) is 18.2 Å². The number of rotatable bonds is 5. The van der Waals surface area contributed by atoms with Gasteiger partial charge in [-0.25, -0.2) is 0 Å². The van der Waals surface area contributed by atoms with Crippen molar-refractivity contribution in [3.05, 3.63) is 28.8 Å². The molecule has 0 aliphatic heterocycles. The van der Waals surface area contributed by atoms with Crippen LogP contribution in [0.25, 0.3) is 0 Å². The van der Waals surface area contributed by atoms with E-state index >= 15 is 0 Å². The lowest BCUT2D eigenvalue weighted by Crippen LogP contribution is -2.00. The highest BCUT2D eigenvalue weighted by atomic mass is 35.5. The van der Waals surface area contributed by atoms with Gasteiger partial charge in [0.15, 0.2) is 0 Å². The van der Waals surface area contributed by atoms with Gasteiger partial charge in [-0.05, 0) is 42.9 Å². The zero-order chi connectivity index (χ0) is 10.7. The molecule has 0 unspecified atom stereocenters. The number of hydrogen-bond donors (Lipinski definition) is 1. The Morgan fingerprint density at radius 2 is 2.20 bits per heavy atom. The summed E-state index contributed by atoms with van der Waals surface area (Å²) in [6.07, 6.45) is 3.19. The molecule has 1 aromatic rings. The van der Waals surface area contributed by atoms with E-state index in [0.717, 1.165) is 23.8 Å². The first kappa shape index (κ1) is 10.8. The maximum Gasteiger partial charge on any atom is 0.138 e. The van der Waals surface area contributed by atoms with Crippen molar-refractivity contribution in [1.29, 1.82) is 0 Å². The van der Waals surface area contributed by atoms with Crippen molar-refractivity contribution in [3.8, 4) is 5.75 Å². The Morgan fingerprint density at radius 1 is 1.40 bits per heavy atom. The van der Waals surface area contributed by atoms with Crippen LogP contribution >= 0.6 is 11.6 Å². The van der Waals surface area contributed by atoms with Crippen molar-refractivity contribution in [2.24, 2.45) is 5.92 Å². The van der Waals surface area contributed by atoms with Gasteiger partial charge in [0.1, 0.15) is 5.75 Å². The SMILES string of the molecule is OCCc1ccc(Cl)c(OCC2CC2)c1. The molecule has 0 aromatic heterocycles. The van der Waals surface area contributed by atoms with Gasteiger partial charge in [0, 0.05) is 6.61 Å². The number of hydrogen-bond acceptors (Lipinski definition) is 2. The van der Waals surface area contributed by atoms with Gasteiger partial charge in [0.05, 0.1) is 11.6 Å². The largest absolute Gasteiger partial charge is 0.492 e. The van der Waals surface area contributed by atoms with Gasteiger partial charge in [-0.2, -0.15) is 0 Å². The minimum atomic E-state index is 0.156. The molecule has 3 heteroatoms. The summed E-state index contributed by atoms with van der Waals surface area (Å²) in [4.78, 5) is 0. The molecule has 0 spiro atoms. The lowest BCUT2D eigenvalue weighted by atomic mass is 10.1. The summed E-state index contributed by atoms with van der Waals surface area (Å²) in [6.45, 7) is 0.923. The van der Waals surface area contributed by atoms with Crippen molar-refractivity contribution < 1.29 is 9.84 Å². The Balaban J connectivity index is 2.01. The maximum absolute atomic E-state index is 8.83. The van der Waals surface area contributed by atoms with Crippen molar-refractivity contribution >= 4 is 11.6 Å². The van der Waals surface area contributed by atoms with Crippen molar-refractivity contribution in [2.75, 3.05) is 13.2 Å². The van der Waals surface area contributed by atoms with Gasteiger partial charge < -0.3 is 9.84 Å². The predicted octanol–water partition coefficient (Wildman–Crippen LogP) is 2.66. The third-order valence-electron chi connectivity index (χ3n) is 2.57. The topological polar surface area (TPSA) is 29.5 Å². The summed E-state index contributed by atoms with van der Waals surface area (Å²) in [6, 6.07) is 5.66. The van der Waals surface area contributed by atoms with Crippen LogP contribution in [-0.2, 0) is 6.42 Å². The Bertz CT molecular complexity index is 334. The van der Waals surface area contributed by atoms with Gasteiger partial charge in [-0.15, -0.1) is 0 Å². The molecular formula is C12H15ClO2. The monoisotopic (exact) mass is 226 g/mol. The lowest BCUT2D eigenvalue weighted by Gasteiger charge is -2.08. The van der Waals surface area contributed by atoms with E-state index in [2.05, 4.69) is 0 Å². The number of ether oxygens (including phenoxy) is 1. The molecule has 1 aromatic carbocycles. The molecule has 0 radical (unpaired) electrons. The van der Waals surface area contributed by atoms with Crippen LogP contribution in [0.1, 0.15) is 18.4 Å². The fourth-order valence-corrected chi connectivity index (χ4v) is 1.61. The molecule has 15 heavy (non-hydrogen) atoms. The van der Waals surface area contributed by atoms with Gasteiger partial charge >= 0.3 is 0 Å². The summed E-state index contributed by atoms with van der Waals surface area (Å²) in [5.74, 6) is 1.47. The van der Waals surface area contributed by atoms with Crippen LogP contribution in [0, 0.1) is 5.92 Å². The van der Waals surface area contributed by atoms with E-state index in [1.165, 1.54) is 12.8 Å². The number of halogens is 1. The highest BCUT2D eigenvalue weighted by Crippen LogP contribution is 2.32. The van der Waals surface area contributed by atoms with E-state index in [1.54, 1.807) is 0 Å². The summed E-state index contributed by atoms with van der Waals surface area (Å²) in [5, 5.41) is 9.48. The smallest absolute Gasteiger partial charge is 0.138 e. The first-order valence-electron chi connectivity index (χ1n) is 5.31. The minimum absolute atomic E-state index is 0.156. The molecule has 0 bridgehead atoms. The average molecular weight is 227 g/mol. The van der Waals surface area contributed by atoms with E-state index < -0.39 is 0 Å². The van der Waals surface area contributed by atoms with E-state index in [-0.39, 0.29) is 6.61 Å². The highest BCUT2D eigenvalue weighted by molar-refractivity contribution is 6.32. The quantitative estimate of drug-likeness (QED) is 0.837. The third-order valence-corrected chi connectivity index (χ3v) is 2.88. The number of aliphatic hydroxyl groups is 1. The van der Waals surface area contributed by atoms with Gasteiger partial charge in [-0.3, -0.25) is 0 Å². The highest BCUT2D eigenvalue weighted by Gasteiger charge is 2.22. The van der Waals surface area contributed by atoms with Crippen LogP contribution in [-0.4, -0.2) is 18.3 Å². The standard InChI is InChI=1S/C12H15ClO2/c13-11-4-3-9(5-6-14)7-12(11)15-8-10-1-2-10/h3-4,7,10,14H,1-2,5-6,8H2. The van der Waals surface area contributed by atoms with Crippen LogP contribution in [0.2, 0.25) is 5.02 Å². The molecule has 0 heterocycles. The zero-order valence-electron chi connectivity index (χ0n) is 8.58.